The van der Waals surface area contributed by atoms with E-state index in [2.05, 4.69) is 31.2 Å². The van der Waals surface area contributed by atoms with Crippen molar-refractivity contribution in [2.24, 2.45) is 0 Å². The predicted molar refractivity (Wildman–Crippen MR) is 103 cm³/mol. The quantitative estimate of drug-likeness (QED) is 0.554. The van der Waals surface area contributed by atoms with Crippen LogP contribution in [0, 0.1) is 18.6 Å². The molecule has 2 heterocycles. The van der Waals surface area contributed by atoms with Gasteiger partial charge in [0.15, 0.2) is 0 Å². The Morgan fingerprint density at radius 3 is 2.56 bits per heavy atom. The molecule has 0 atom stereocenters. The molecule has 0 radical (unpaired) electrons. The second-order valence-corrected chi connectivity index (χ2v) is 7.71. The van der Waals surface area contributed by atoms with E-state index in [0.29, 0.717) is 26.4 Å². The van der Waals surface area contributed by atoms with Crippen molar-refractivity contribution in [2.45, 2.75) is 13.3 Å². The summed E-state index contributed by atoms with van der Waals surface area (Å²) in [5.74, 6) is -1.71. The molecule has 0 unspecified atom stereocenters. The zero-order valence-electron chi connectivity index (χ0n) is 14.1. The SMILES string of the molecule is Cc1cc(-c2cc(NCCc3c(F)cc(Br)cc3F)ncn2)sc1C(=O)O. The van der Waals surface area contributed by atoms with Crippen molar-refractivity contribution in [3.8, 4) is 10.6 Å². The number of rotatable bonds is 6. The van der Waals surface area contributed by atoms with Gasteiger partial charge < -0.3 is 10.4 Å². The lowest BCUT2D eigenvalue weighted by molar-refractivity contribution is 0.0701. The van der Waals surface area contributed by atoms with E-state index < -0.39 is 17.6 Å². The number of hydrogen-bond donors (Lipinski definition) is 2. The third kappa shape index (κ3) is 4.48. The number of aromatic nitrogens is 2. The van der Waals surface area contributed by atoms with Crippen LogP contribution in [-0.4, -0.2) is 27.6 Å². The molecule has 1 aromatic carbocycles. The number of aromatic carboxylic acids is 1. The van der Waals surface area contributed by atoms with E-state index in [1.807, 2.05) is 0 Å². The van der Waals surface area contributed by atoms with E-state index in [1.165, 1.54) is 18.5 Å². The van der Waals surface area contributed by atoms with Crippen molar-refractivity contribution in [1.29, 1.82) is 0 Å². The van der Waals surface area contributed by atoms with E-state index in [9.17, 15) is 13.6 Å². The Morgan fingerprint density at radius 1 is 1.22 bits per heavy atom. The summed E-state index contributed by atoms with van der Waals surface area (Å²) in [6.45, 7) is 2.00. The van der Waals surface area contributed by atoms with Gasteiger partial charge in [0.05, 0.1) is 10.6 Å². The maximum Gasteiger partial charge on any atom is 0.346 e. The Bertz CT molecular complexity index is 987. The van der Waals surface area contributed by atoms with Crippen LogP contribution in [0.3, 0.4) is 0 Å². The largest absolute Gasteiger partial charge is 0.477 e. The first-order valence-corrected chi connectivity index (χ1v) is 9.49. The summed E-state index contributed by atoms with van der Waals surface area (Å²) in [6.07, 6.45) is 1.50. The molecule has 3 aromatic rings. The number of carbonyl (C=O) groups is 1. The smallest absolute Gasteiger partial charge is 0.346 e. The van der Waals surface area contributed by atoms with Gasteiger partial charge in [0.1, 0.15) is 28.7 Å². The molecule has 9 heteroatoms. The van der Waals surface area contributed by atoms with E-state index in [-0.39, 0.29) is 23.4 Å². The molecule has 0 saturated carbocycles. The molecule has 27 heavy (non-hydrogen) atoms. The van der Waals surface area contributed by atoms with Crippen LogP contribution in [0.4, 0.5) is 14.6 Å². The molecule has 140 valence electrons. The highest BCUT2D eigenvalue weighted by Crippen LogP contribution is 2.30. The number of thiophene rings is 1. The minimum absolute atomic E-state index is 0.0000359. The fourth-order valence-electron chi connectivity index (χ4n) is 2.54. The van der Waals surface area contributed by atoms with Gasteiger partial charge in [-0.2, -0.15) is 0 Å². The number of nitrogens with one attached hydrogen (secondary N) is 1. The topological polar surface area (TPSA) is 75.1 Å². The average Bonchev–Trinajstić information content (AvgIpc) is 2.99. The number of halogens is 3. The lowest BCUT2D eigenvalue weighted by atomic mass is 10.1. The lowest BCUT2D eigenvalue weighted by Gasteiger charge is -2.08. The summed E-state index contributed by atoms with van der Waals surface area (Å²) in [6, 6.07) is 5.87. The van der Waals surface area contributed by atoms with E-state index >= 15 is 0 Å². The third-order valence-electron chi connectivity index (χ3n) is 3.82. The van der Waals surface area contributed by atoms with Gasteiger partial charge in [-0.25, -0.2) is 23.5 Å². The fourth-order valence-corrected chi connectivity index (χ4v) is 3.92. The number of carboxylic acids is 1. The number of anilines is 1. The van der Waals surface area contributed by atoms with Gasteiger partial charge >= 0.3 is 5.97 Å². The molecule has 2 N–H and O–H groups in total. The summed E-state index contributed by atoms with van der Waals surface area (Å²) in [5, 5.41) is 12.2. The van der Waals surface area contributed by atoms with Crippen LogP contribution in [0.5, 0.6) is 0 Å². The lowest BCUT2D eigenvalue weighted by Crippen LogP contribution is -2.09. The standard InChI is InChI=1S/C18H14BrF2N3O2S/c1-9-4-15(27-17(9)18(25)26)14-7-16(24-8-23-14)22-3-2-11-12(20)5-10(19)6-13(11)21/h4-8H,2-3H2,1H3,(H,25,26)(H,22,23,24). The highest BCUT2D eigenvalue weighted by molar-refractivity contribution is 9.10. The van der Waals surface area contributed by atoms with E-state index in [4.69, 9.17) is 5.11 Å². The summed E-state index contributed by atoms with van der Waals surface area (Å²) in [4.78, 5) is 20.4. The molecule has 0 aliphatic heterocycles. The molecule has 0 aliphatic rings. The van der Waals surface area contributed by atoms with Crippen LogP contribution in [0.25, 0.3) is 10.6 Å². The number of hydrogen-bond acceptors (Lipinski definition) is 5. The Hall–Kier alpha value is -2.39. The first-order valence-electron chi connectivity index (χ1n) is 7.88. The van der Waals surface area contributed by atoms with Crippen LogP contribution in [-0.2, 0) is 6.42 Å². The Kier molecular flexibility index (Phi) is 5.81. The van der Waals surface area contributed by atoms with Gasteiger partial charge in [-0.3, -0.25) is 0 Å². The van der Waals surface area contributed by atoms with Crippen LogP contribution in [0.15, 0.2) is 35.1 Å². The summed E-state index contributed by atoms with van der Waals surface area (Å²) < 4.78 is 28.1. The Balaban J connectivity index is 1.72. The van der Waals surface area contributed by atoms with Crippen molar-refractivity contribution in [1.82, 2.24) is 9.97 Å². The van der Waals surface area contributed by atoms with E-state index in [0.717, 1.165) is 11.3 Å². The first kappa shape index (κ1) is 19.4. The van der Waals surface area contributed by atoms with Gasteiger partial charge in [0.25, 0.3) is 0 Å². The molecule has 0 fully saturated rings. The van der Waals surface area contributed by atoms with Gasteiger partial charge in [0.2, 0.25) is 0 Å². The minimum Gasteiger partial charge on any atom is -0.477 e. The molecule has 0 spiro atoms. The number of carboxylic acid groups (broad SMARTS) is 1. The first-order chi connectivity index (χ1) is 12.8. The highest BCUT2D eigenvalue weighted by Gasteiger charge is 2.15. The van der Waals surface area contributed by atoms with Crippen molar-refractivity contribution >= 4 is 39.1 Å². The monoisotopic (exact) mass is 453 g/mol. The van der Waals surface area contributed by atoms with Gasteiger partial charge in [0, 0.05) is 22.6 Å². The fraction of sp³-hybridized carbons (Fsp3) is 0.167. The zero-order chi connectivity index (χ0) is 19.6. The molecule has 0 aliphatic carbocycles. The summed E-state index contributed by atoms with van der Waals surface area (Å²) in [7, 11) is 0. The number of nitrogens with zero attached hydrogens (tertiary/aromatic N) is 2. The molecule has 3 rings (SSSR count). The molecule has 0 amide bonds. The van der Waals surface area contributed by atoms with Gasteiger partial charge in [-0.15, -0.1) is 11.3 Å². The Morgan fingerprint density at radius 2 is 1.93 bits per heavy atom. The van der Waals surface area contributed by atoms with Crippen molar-refractivity contribution in [3.63, 3.8) is 0 Å². The molecular formula is C18H14BrF2N3O2S. The van der Waals surface area contributed by atoms with Crippen LogP contribution in [0.1, 0.15) is 20.8 Å². The minimum atomic E-state index is -0.977. The zero-order valence-corrected chi connectivity index (χ0v) is 16.5. The molecular weight excluding hydrogens is 440 g/mol. The molecule has 0 bridgehead atoms. The van der Waals surface area contributed by atoms with Crippen molar-refractivity contribution in [3.05, 3.63) is 62.7 Å². The average molecular weight is 454 g/mol. The van der Waals surface area contributed by atoms with Crippen molar-refractivity contribution < 1.29 is 18.7 Å². The molecule has 5 nitrogen and oxygen atoms in total. The van der Waals surface area contributed by atoms with Gasteiger partial charge in [-0.05, 0) is 37.1 Å². The van der Waals surface area contributed by atoms with Crippen LogP contribution >= 0.6 is 27.3 Å². The summed E-state index contributed by atoms with van der Waals surface area (Å²) in [5.41, 5.74) is 1.24. The van der Waals surface area contributed by atoms with Crippen LogP contribution < -0.4 is 5.32 Å². The third-order valence-corrected chi connectivity index (χ3v) is 5.52. The Labute approximate surface area is 166 Å². The highest BCUT2D eigenvalue weighted by atomic mass is 79.9. The second-order valence-electron chi connectivity index (χ2n) is 5.74. The number of aryl methyl sites for hydroxylation is 1. The molecule has 0 saturated heterocycles. The normalized spacial score (nSPS) is 10.8. The predicted octanol–water partition coefficient (Wildman–Crippen LogP) is 4.91. The maximum absolute atomic E-state index is 13.9. The van der Waals surface area contributed by atoms with E-state index in [1.54, 1.807) is 19.1 Å². The second kappa shape index (κ2) is 8.10. The van der Waals surface area contributed by atoms with Crippen molar-refractivity contribution in [2.75, 3.05) is 11.9 Å². The summed E-state index contributed by atoms with van der Waals surface area (Å²) >= 11 is 4.18. The maximum atomic E-state index is 13.9. The van der Waals surface area contributed by atoms with Gasteiger partial charge in [-0.1, -0.05) is 15.9 Å². The van der Waals surface area contributed by atoms with Crippen LogP contribution in [0.2, 0.25) is 0 Å². The number of benzene rings is 1. The molecule has 2 aromatic heterocycles.